The first-order valence-corrected chi connectivity index (χ1v) is 8.93. The lowest BCUT2D eigenvalue weighted by atomic mass is 9.66. The highest BCUT2D eigenvalue weighted by molar-refractivity contribution is 5.01. The van der Waals surface area contributed by atoms with E-state index in [1.165, 1.54) is 32.2 Å². The molecule has 0 aromatic heterocycles. The molecule has 3 nitrogen and oxygen atoms in total. The molecule has 0 aromatic rings. The van der Waals surface area contributed by atoms with Gasteiger partial charge in [0.1, 0.15) is 0 Å². The number of likely N-dealkylation sites (N-methyl/N-ethyl adjacent to an activating group) is 1. The first kappa shape index (κ1) is 18.9. The molecular formula is C18H39N3. The van der Waals surface area contributed by atoms with Crippen molar-refractivity contribution in [1.82, 2.24) is 9.80 Å². The Kier molecular flexibility index (Phi) is 7.66. The molecule has 2 atom stereocenters. The fraction of sp³-hybridized carbons (Fsp3) is 1.00. The van der Waals surface area contributed by atoms with E-state index in [4.69, 9.17) is 5.73 Å². The van der Waals surface area contributed by atoms with Crippen LogP contribution in [0.15, 0.2) is 0 Å². The molecule has 21 heavy (non-hydrogen) atoms. The van der Waals surface area contributed by atoms with E-state index in [0.29, 0.717) is 5.92 Å². The van der Waals surface area contributed by atoms with Crippen molar-refractivity contribution < 1.29 is 0 Å². The van der Waals surface area contributed by atoms with Gasteiger partial charge in [-0.25, -0.2) is 0 Å². The van der Waals surface area contributed by atoms with Crippen molar-refractivity contribution in [2.75, 3.05) is 40.3 Å². The largest absolute Gasteiger partial charge is 0.329 e. The highest BCUT2D eigenvalue weighted by Crippen LogP contribution is 2.42. The number of nitrogens with two attached hydrogens (primary N) is 1. The van der Waals surface area contributed by atoms with Gasteiger partial charge >= 0.3 is 0 Å². The Hall–Kier alpha value is -0.120. The van der Waals surface area contributed by atoms with Gasteiger partial charge in [0.2, 0.25) is 0 Å². The van der Waals surface area contributed by atoms with Crippen LogP contribution in [0.1, 0.15) is 53.4 Å². The van der Waals surface area contributed by atoms with Crippen LogP contribution in [0.25, 0.3) is 0 Å². The molecule has 0 spiro atoms. The normalized spacial score (nSPS) is 27.3. The summed E-state index contributed by atoms with van der Waals surface area (Å²) in [5.74, 6) is 2.17. The maximum absolute atomic E-state index is 6.39. The second kappa shape index (κ2) is 8.50. The van der Waals surface area contributed by atoms with Gasteiger partial charge in [0.25, 0.3) is 0 Å². The monoisotopic (exact) mass is 297 g/mol. The van der Waals surface area contributed by atoms with E-state index in [9.17, 15) is 0 Å². The van der Waals surface area contributed by atoms with E-state index in [-0.39, 0.29) is 5.54 Å². The zero-order chi connectivity index (χ0) is 16.0. The van der Waals surface area contributed by atoms with Gasteiger partial charge < -0.3 is 10.6 Å². The second-order valence-electron chi connectivity index (χ2n) is 8.05. The van der Waals surface area contributed by atoms with Crippen molar-refractivity contribution >= 4 is 0 Å². The Labute approximate surface area is 133 Å². The predicted molar refractivity (Wildman–Crippen MR) is 93.5 cm³/mol. The van der Waals surface area contributed by atoms with Crippen LogP contribution in [-0.2, 0) is 0 Å². The smallest absolute Gasteiger partial charge is 0.0362 e. The Balaban J connectivity index is 2.99. The fourth-order valence-electron chi connectivity index (χ4n) is 4.24. The van der Waals surface area contributed by atoms with Gasteiger partial charge in [0, 0.05) is 31.7 Å². The molecule has 1 aliphatic carbocycles. The average molecular weight is 298 g/mol. The molecule has 0 saturated heterocycles. The minimum atomic E-state index is 0.229. The fourth-order valence-corrected chi connectivity index (χ4v) is 4.24. The molecule has 1 aliphatic rings. The van der Waals surface area contributed by atoms with E-state index < -0.39 is 0 Å². The van der Waals surface area contributed by atoms with Gasteiger partial charge in [-0.05, 0) is 44.7 Å². The maximum atomic E-state index is 6.39. The summed E-state index contributed by atoms with van der Waals surface area (Å²) in [6, 6.07) is 0. The summed E-state index contributed by atoms with van der Waals surface area (Å²) in [4.78, 5) is 5.05. The topological polar surface area (TPSA) is 32.5 Å². The summed E-state index contributed by atoms with van der Waals surface area (Å²) in [5.41, 5.74) is 6.62. The van der Waals surface area contributed by atoms with Crippen LogP contribution in [0.3, 0.4) is 0 Å². The van der Waals surface area contributed by atoms with Crippen molar-refractivity contribution in [3.05, 3.63) is 0 Å². The highest BCUT2D eigenvalue weighted by atomic mass is 15.2. The molecule has 0 amide bonds. The molecule has 0 aromatic carbocycles. The van der Waals surface area contributed by atoms with Crippen molar-refractivity contribution in [2.45, 2.75) is 58.9 Å². The van der Waals surface area contributed by atoms with Crippen LogP contribution >= 0.6 is 0 Å². The minimum Gasteiger partial charge on any atom is -0.329 e. The molecule has 1 saturated carbocycles. The van der Waals surface area contributed by atoms with Gasteiger partial charge in [-0.15, -0.1) is 0 Å². The van der Waals surface area contributed by atoms with E-state index >= 15 is 0 Å². The Morgan fingerprint density at radius 3 is 2.24 bits per heavy atom. The first-order valence-electron chi connectivity index (χ1n) is 8.93. The van der Waals surface area contributed by atoms with Crippen LogP contribution in [0.4, 0.5) is 0 Å². The van der Waals surface area contributed by atoms with E-state index in [1.807, 2.05) is 0 Å². The SMILES string of the molecule is CC(C)CN(CCN(C)C)C1(CN)CCCCC1C(C)C. The van der Waals surface area contributed by atoms with Crippen LogP contribution in [0.2, 0.25) is 0 Å². The molecule has 0 aliphatic heterocycles. The maximum Gasteiger partial charge on any atom is 0.0362 e. The van der Waals surface area contributed by atoms with Crippen molar-refractivity contribution in [3.63, 3.8) is 0 Å². The Morgan fingerprint density at radius 2 is 1.76 bits per heavy atom. The number of hydrogen-bond acceptors (Lipinski definition) is 3. The van der Waals surface area contributed by atoms with Gasteiger partial charge in [-0.3, -0.25) is 4.90 Å². The first-order chi connectivity index (χ1) is 9.83. The molecular weight excluding hydrogens is 258 g/mol. The standard InChI is InChI=1S/C18H39N3/c1-15(2)13-21(12-11-20(5)6)18(14-19)10-8-7-9-17(18)16(3)4/h15-17H,7-14,19H2,1-6H3. The van der Waals surface area contributed by atoms with Crippen LogP contribution < -0.4 is 5.73 Å². The van der Waals surface area contributed by atoms with E-state index in [0.717, 1.165) is 31.5 Å². The number of nitrogens with zero attached hydrogens (tertiary/aromatic N) is 2. The Morgan fingerprint density at radius 1 is 1.10 bits per heavy atom. The van der Waals surface area contributed by atoms with Gasteiger partial charge in [-0.2, -0.15) is 0 Å². The average Bonchev–Trinajstić information content (AvgIpc) is 2.42. The number of rotatable bonds is 8. The molecule has 0 bridgehead atoms. The zero-order valence-electron chi connectivity index (χ0n) is 15.4. The Bertz CT molecular complexity index is 288. The van der Waals surface area contributed by atoms with Crippen molar-refractivity contribution in [3.8, 4) is 0 Å². The molecule has 3 heteroatoms. The molecule has 2 unspecified atom stereocenters. The van der Waals surface area contributed by atoms with Crippen LogP contribution in [0.5, 0.6) is 0 Å². The van der Waals surface area contributed by atoms with Crippen molar-refractivity contribution in [1.29, 1.82) is 0 Å². The third-order valence-corrected chi connectivity index (χ3v) is 5.26. The summed E-state index contributed by atoms with van der Waals surface area (Å²) in [5, 5.41) is 0. The summed E-state index contributed by atoms with van der Waals surface area (Å²) in [6.07, 6.45) is 5.36. The minimum absolute atomic E-state index is 0.229. The van der Waals surface area contributed by atoms with Gasteiger partial charge in [0.15, 0.2) is 0 Å². The number of hydrogen-bond donors (Lipinski definition) is 1. The molecule has 126 valence electrons. The summed E-state index contributed by atoms with van der Waals surface area (Å²) in [6.45, 7) is 13.7. The lowest BCUT2D eigenvalue weighted by Gasteiger charge is -2.53. The molecule has 0 radical (unpaired) electrons. The predicted octanol–water partition coefficient (Wildman–Crippen LogP) is 3.05. The zero-order valence-corrected chi connectivity index (χ0v) is 15.4. The lowest BCUT2D eigenvalue weighted by molar-refractivity contribution is -0.0231. The third kappa shape index (κ3) is 4.94. The van der Waals surface area contributed by atoms with E-state index in [2.05, 4.69) is 51.6 Å². The molecule has 1 fully saturated rings. The molecule has 0 heterocycles. The van der Waals surface area contributed by atoms with E-state index in [1.54, 1.807) is 0 Å². The van der Waals surface area contributed by atoms with Gasteiger partial charge in [0.05, 0.1) is 0 Å². The second-order valence-corrected chi connectivity index (χ2v) is 8.05. The molecule has 1 rings (SSSR count). The third-order valence-electron chi connectivity index (χ3n) is 5.26. The van der Waals surface area contributed by atoms with Crippen molar-refractivity contribution in [2.24, 2.45) is 23.5 Å². The van der Waals surface area contributed by atoms with Crippen LogP contribution in [-0.4, -0.2) is 55.6 Å². The molecule has 2 N–H and O–H groups in total. The quantitative estimate of drug-likeness (QED) is 0.747. The summed E-state index contributed by atoms with van der Waals surface area (Å²) >= 11 is 0. The summed E-state index contributed by atoms with van der Waals surface area (Å²) in [7, 11) is 4.34. The van der Waals surface area contributed by atoms with Crippen LogP contribution in [0, 0.1) is 17.8 Å². The highest BCUT2D eigenvalue weighted by Gasteiger charge is 2.45. The lowest BCUT2D eigenvalue weighted by Crippen LogP contribution is -2.62. The summed E-state index contributed by atoms with van der Waals surface area (Å²) < 4.78 is 0. The van der Waals surface area contributed by atoms with Gasteiger partial charge in [-0.1, -0.05) is 40.5 Å².